The number of aromatic nitrogens is 2. The summed E-state index contributed by atoms with van der Waals surface area (Å²) < 4.78 is 1.92. The van der Waals surface area contributed by atoms with Gasteiger partial charge in [-0.2, -0.15) is 5.10 Å². The molecule has 1 fully saturated rings. The number of likely N-dealkylation sites (N-methyl/N-ethyl adjacent to an activating group) is 1. The van der Waals surface area contributed by atoms with Crippen LogP contribution >= 0.6 is 0 Å². The molecule has 0 spiro atoms. The van der Waals surface area contributed by atoms with E-state index in [1.807, 2.05) is 18.7 Å². The molecule has 1 aliphatic heterocycles. The van der Waals surface area contributed by atoms with E-state index in [0.29, 0.717) is 0 Å². The number of hydrogen-bond acceptors (Lipinski definition) is 4. The Balaban J connectivity index is 2.35. The predicted molar refractivity (Wildman–Crippen MR) is 84.4 cm³/mol. The van der Waals surface area contributed by atoms with E-state index in [9.17, 15) is 4.79 Å². The van der Waals surface area contributed by atoms with E-state index in [2.05, 4.69) is 27.6 Å². The Hall–Kier alpha value is -1.56. The highest BCUT2D eigenvalue weighted by atomic mass is 16.2. The van der Waals surface area contributed by atoms with E-state index >= 15 is 0 Å². The summed E-state index contributed by atoms with van der Waals surface area (Å²) in [5.41, 5.74) is 2.24. The molecule has 6 heteroatoms. The molecule has 1 atom stereocenters. The lowest BCUT2D eigenvalue weighted by atomic mass is 10.0. The van der Waals surface area contributed by atoms with Crippen LogP contribution < -0.4 is 15.5 Å². The number of rotatable bonds is 5. The lowest BCUT2D eigenvalue weighted by molar-refractivity contribution is -0.122. The van der Waals surface area contributed by atoms with Crippen molar-refractivity contribution in [2.75, 3.05) is 25.0 Å². The highest BCUT2D eigenvalue weighted by Crippen LogP contribution is 2.29. The van der Waals surface area contributed by atoms with Crippen LogP contribution in [0.2, 0.25) is 0 Å². The molecule has 0 radical (unpaired) electrons. The normalized spacial score (nSPS) is 18.9. The van der Waals surface area contributed by atoms with Gasteiger partial charge in [-0.05, 0) is 32.7 Å². The Morgan fingerprint density at radius 3 is 2.86 bits per heavy atom. The van der Waals surface area contributed by atoms with Gasteiger partial charge in [0.15, 0.2) is 0 Å². The molecule has 1 saturated heterocycles. The van der Waals surface area contributed by atoms with Crippen molar-refractivity contribution in [3.8, 4) is 0 Å². The van der Waals surface area contributed by atoms with Gasteiger partial charge in [-0.1, -0.05) is 6.92 Å². The van der Waals surface area contributed by atoms with Crippen molar-refractivity contribution in [3.63, 3.8) is 0 Å². The molecule has 0 aliphatic carbocycles. The van der Waals surface area contributed by atoms with Gasteiger partial charge in [0.1, 0.15) is 11.9 Å². The molecule has 1 aliphatic rings. The van der Waals surface area contributed by atoms with Crippen LogP contribution in [0.1, 0.15) is 37.4 Å². The Labute approximate surface area is 126 Å². The zero-order valence-electron chi connectivity index (χ0n) is 13.6. The van der Waals surface area contributed by atoms with Crippen LogP contribution in [0.5, 0.6) is 0 Å². The second-order valence-electron chi connectivity index (χ2n) is 5.61. The zero-order valence-corrected chi connectivity index (χ0v) is 13.6. The van der Waals surface area contributed by atoms with E-state index < -0.39 is 0 Å². The number of piperidine rings is 1. The van der Waals surface area contributed by atoms with Gasteiger partial charge in [0.2, 0.25) is 5.91 Å². The first-order chi connectivity index (χ1) is 10.1. The quantitative estimate of drug-likeness (QED) is 0.848. The standard InChI is InChI=1S/C15H27N5O/c1-5-17-10-12-11(2)18-19(4)15(12)20-9-7-6-8-13(20)14(21)16-3/h13,17H,5-10H2,1-4H3,(H,16,21). The first-order valence-corrected chi connectivity index (χ1v) is 7.81. The third-order valence-electron chi connectivity index (χ3n) is 4.19. The van der Waals surface area contributed by atoms with E-state index in [1.54, 1.807) is 7.05 Å². The monoisotopic (exact) mass is 293 g/mol. The van der Waals surface area contributed by atoms with Crippen LogP contribution in [0.4, 0.5) is 5.82 Å². The lowest BCUT2D eigenvalue weighted by Gasteiger charge is -2.36. The summed E-state index contributed by atoms with van der Waals surface area (Å²) in [6.45, 7) is 6.76. The minimum absolute atomic E-state index is 0.0843. The Morgan fingerprint density at radius 1 is 1.43 bits per heavy atom. The number of anilines is 1. The Kier molecular flexibility index (Phi) is 5.22. The average Bonchev–Trinajstić information content (AvgIpc) is 2.78. The molecule has 0 bridgehead atoms. The number of nitrogens with zero attached hydrogens (tertiary/aromatic N) is 3. The molecular formula is C15H27N5O. The molecule has 118 valence electrons. The molecule has 21 heavy (non-hydrogen) atoms. The van der Waals surface area contributed by atoms with E-state index in [0.717, 1.165) is 50.4 Å². The third kappa shape index (κ3) is 3.20. The van der Waals surface area contributed by atoms with Gasteiger partial charge in [-0.3, -0.25) is 9.48 Å². The minimum atomic E-state index is -0.0843. The number of amides is 1. The molecule has 2 heterocycles. The van der Waals surface area contributed by atoms with Gasteiger partial charge >= 0.3 is 0 Å². The van der Waals surface area contributed by atoms with Gasteiger partial charge in [0.25, 0.3) is 0 Å². The molecule has 0 saturated carbocycles. The highest BCUT2D eigenvalue weighted by molar-refractivity contribution is 5.85. The molecular weight excluding hydrogens is 266 g/mol. The first kappa shape index (κ1) is 15.8. The van der Waals surface area contributed by atoms with Crippen LogP contribution in [0.25, 0.3) is 0 Å². The molecule has 6 nitrogen and oxygen atoms in total. The van der Waals surface area contributed by atoms with Crippen molar-refractivity contribution in [3.05, 3.63) is 11.3 Å². The zero-order chi connectivity index (χ0) is 15.4. The van der Waals surface area contributed by atoms with Crippen LogP contribution in [-0.4, -0.2) is 41.9 Å². The van der Waals surface area contributed by atoms with E-state index in [1.165, 1.54) is 5.56 Å². The maximum Gasteiger partial charge on any atom is 0.242 e. The van der Waals surface area contributed by atoms with Crippen LogP contribution in [0, 0.1) is 6.92 Å². The van der Waals surface area contributed by atoms with Crippen molar-refractivity contribution < 1.29 is 4.79 Å². The van der Waals surface area contributed by atoms with Crippen LogP contribution in [0.3, 0.4) is 0 Å². The summed E-state index contributed by atoms with van der Waals surface area (Å²) in [4.78, 5) is 14.4. The molecule has 1 aromatic rings. The van der Waals surface area contributed by atoms with E-state index in [-0.39, 0.29) is 11.9 Å². The number of aryl methyl sites for hydroxylation is 2. The SMILES string of the molecule is CCNCc1c(C)nn(C)c1N1CCCCC1C(=O)NC. The van der Waals surface area contributed by atoms with Gasteiger partial charge in [0, 0.05) is 32.7 Å². The Morgan fingerprint density at radius 2 is 2.19 bits per heavy atom. The van der Waals surface area contributed by atoms with Gasteiger partial charge in [0.05, 0.1) is 5.69 Å². The molecule has 0 aromatic carbocycles. The molecule has 1 unspecified atom stereocenters. The van der Waals surface area contributed by atoms with Gasteiger partial charge < -0.3 is 15.5 Å². The van der Waals surface area contributed by atoms with Crippen molar-refractivity contribution >= 4 is 11.7 Å². The fourth-order valence-corrected chi connectivity index (χ4v) is 3.13. The van der Waals surface area contributed by atoms with Crippen molar-refractivity contribution in [2.45, 2.75) is 45.7 Å². The molecule has 1 amide bonds. The summed E-state index contributed by atoms with van der Waals surface area (Å²) in [6, 6.07) is -0.0843. The average molecular weight is 293 g/mol. The predicted octanol–water partition coefficient (Wildman–Crippen LogP) is 0.943. The molecule has 2 N–H and O–H groups in total. The summed E-state index contributed by atoms with van der Waals surface area (Å²) in [5, 5.41) is 10.7. The maximum atomic E-state index is 12.2. The molecule has 2 rings (SSSR count). The second kappa shape index (κ2) is 6.93. The number of nitrogens with one attached hydrogen (secondary N) is 2. The fourth-order valence-electron chi connectivity index (χ4n) is 3.13. The second-order valence-corrected chi connectivity index (χ2v) is 5.61. The van der Waals surface area contributed by atoms with E-state index in [4.69, 9.17) is 0 Å². The lowest BCUT2D eigenvalue weighted by Crippen LogP contribution is -2.49. The van der Waals surface area contributed by atoms with Crippen molar-refractivity contribution in [2.24, 2.45) is 7.05 Å². The highest BCUT2D eigenvalue weighted by Gasteiger charge is 2.32. The third-order valence-corrected chi connectivity index (χ3v) is 4.19. The van der Waals surface area contributed by atoms with Gasteiger partial charge in [-0.25, -0.2) is 0 Å². The summed E-state index contributed by atoms with van der Waals surface area (Å²) >= 11 is 0. The van der Waals surface area contributed by atoms with Crippen molar-refractivity contribution in [1.82, 2.24) is 20.4 Å². The maximum absolute atomic E-state index is 12.2. The van der Waals surface area contributed by atoms with Crippen molar-refractivity contribution in [1.29, 1.82) is 0 Å². The minimum Gasteiger partial charge on any atom is -0.357 e. The van der Waals surface area contributed by atoms with Crippen LogP contribution in [-0.2, 0) is 18.4 Å². The Bertz CT molecular complexity index is 496. The first-order valence-electron chi connectivity index (χ1n) is 7.81. The fraction of sp³-hybridized carbons (Fsp3) is 0.733. The molecule has 1 aromatic heterocycles. The summed E-state index contributed by atoms with van der Waals surface area (Å²) in [6.07, 6.45) is 3.14. The number of carbonyl (C=O) groups is 1. The largest absolute Gasteiger partial charge is 0.357 e. The topological polar surface area (TPSA) is 62.2 Å². The number of hydrogen-bond donors (Lipinski definition) is 2. The summed E-state index contributed by atoms with van der Waals surface area (Å²) in [5.74, 6) is 1.18. The van der Waals surface area contributed by atoms with Crippen LogP contribution in [0.15, 0.2) is 0 Å². The van der Waals surface area contributed by atoms with Gasteiger partial charge in [-0.15, -0.1) is 0 Å². The smallest absolute Gasteiger partial charge is 0.242 e. The number of carbonyl (C=O) groups excluding carboxylic acids is 1. The summed E-state index contributed by atoms with van der Waals surface area (Å²) in [7, 11) is 3.68.